The molecule has 0 radical (unpaired) electrons. The summed E-state index contributed by atoms with van der Waals surface area (Å²) in [6, 6.07) is 5.87. The number of benzene rings is 1. The number of urea groups is 1. The fourth-order valence-electron chi connectivity index (χ4n) is 2.33. The van der Waals surface area contributed by atoms with Crippen LogP contribution in [0.15, 0.2) is 18.2 Å². The van der Waals surface area contributed by atoms with Crippen LogP contribution in [0.4, 0.5) is 16.2 Å². The molecule has 0 aliphatic carbocycles. The summed E-state index contributed by atoms with van der Waals surface area (Å²) >= 11 is 2.00. The van der Waals surface area contributed by atoms with Gasteiger partial charge in [0.05, 0.1) is 6.61 Å². The molecular weight excluding hydrogens is 286 g/mol. The summed E-state index contributed by atoms with van der Waals surface area (Å²) in [6.07, 6.45) is 0. The second-order valence-corrected chi connectivity index (χ2v) is 6.20. The quantitative estimate of drug-likeness (QED) is 0.820. The third-order valence-corrected chi connectivity index (χ3v) is 4.34. The summed E-state index contributed by atoms with van der Waals surface area (Å²) in [5.74, 6) is 2.36. The molecule has 5 nitrogen and oxygen atoms in total. The van der Waals surface area contributed by atoms with Crippen molar-refractivity contribution in [1.29, 1.82) is 0 Å². The Morgan fingerprint density at radius 3 is 2.81 bits per heavy atom. The highest BCUT2D eigenvalue weighted by molar-refractivity contribution is 7.99. The molecule has 0 saturated carbocycles. The fraction of sp³-hybridized carbons (Fsp3) is 0.533. The molecule has 0 atom stereocenters. The lowest BCUT2D eigenvalue weighted by Gasteiger charge is -2.30. The van der Waals surface area contributed by atoms with Gasteiger partial charge in [0.2, 0.25) is 0 Å². The maximum Gasteiger partial charge on any atom is 0.319 e. The molecule has 1 aromatic carbocycles. The molecule has 1 saturated heterocycles. The van der Waals surface area contributed by atoms with Gasteiger partial charge < -0.3 is 20.3 Å². The van der Waals surface area contributed by atoms with E-state index >= 15 is 0 Å². The van der Waals surface area contributed by atoms with Crippen LogP contribution in [0.2, 0.25) is 0 Å². The first-order chi connectivity index (χ1) is 10.2. The minimum Gasteiger partial charge on any atom is -0.383 e. The van der Waals surface area contributed by atoms with Crippen molar-refractivity contribution in [3.63, 3.8) is 0 Å². The van der Waals surface area contributed by atoms with E-state index in [1.165, 1.54) is 22.8 Å². The first kappa shape index (κ1) is 16.0. The SMILES string of the molecule is COCCNC(=O)Nc1ccc(N2CCSCC2)c(C)c1. The first-order valence-corrected chi connectivity index (χ1v) is 8.33. The molecule has 0 spiro atoms. The molecule has 1 heterocycles. The highest BCUT2D eigenvalue weighted by Gasteiger charge is 2.13. The summed E-state index contributed by atoms with van der Waals surface area (Å²) < 4.78 is 4.89. The number of rotatable bonds is 5. The van der Waals surface area contributed by atoms with Crippen LogP contribution in [0.1, 0.15) is 5.56 Å². The fourth-order valence-corrected chi connectivity index (χ4v) is 3.24. The lowest BCUT2D eigenvalue weighted by Crippen LogP contribution is -2.33. The van der Waals surface area contributed by atoms with Crippen LogP contribution in [0.25, 0.3) is 0 Å². The van der Waals surface area contributed by atoms with Gasteiger partial charge in [0, 0.05) is 49.6 Å². The normalized spacial score (nSPS) is 14.9. The zero-order valence-electron chi connectivity index (χ0n) is 12.6. The van der Waals surface area contributed by atoms with Gasteiger partial charge in [-0.15, -0.1) is 0 Å². The first-order valence-electron chi connectivity index (χ1n) is 7.18. The number of carbonyl (C=O) groups excluding carboxylic acids is 1. The molecule has 2 rings (SSSR count). The predicted molar refractivity (Wildman–Crippen MR) is 89.6 cm³/mol. The van der Waals surface area contributed by atoms with E-state index in [4.69, 9.17) is 4.74 Å². The number of aryl methyl sites for hydroxylation is 1. The van der Waals surface area contributed by atoms with Crippen molar-refractivity contribution in [2.45, 2.75) is 6.92 Å². The number of amides is 2. The molecule has 1 fully saturated rings. The number of hydrogen-bond acceptors (Lipinski definition) is 4. The minimum absolute atomic E-state index is 0.200. The van der Waals surface area contributed by atoms with Crippen molar-refractivity contribution in [2.75, 3.05) is 55.1 Å². The molecule has 2 N–H and O–H groups in total. The molecule has 0 bridgehead atoms. The zero-order chi connectivity index (χ0) is 15.1. The van der Waals surface area contributed by atoms with E-state index in [2.05, 4.69) is 28.5 Å². The predicted octanol–water partition coefficient (Wildman–Crippen LogP) is 2.32. The van der Waals surface area contributed by atoms with Crippen molar-refractivity contribution in [1.82, 2.24) is 5.32 Å². The number of thioether (sulfide) groups is 1. The van der Waals surface area contributed by atoms with Crippen molar-refractivity contribution >= 4 is 29.2 Å². The minimum atomic E-state index is -0.200. The lowest BCUT2D eigenvalue weighted by atomic mass is 10.1. The highest BCUT2D eigenvalue weighted by atomic mass is 32.2. The summed E-state index contributed by atoms with van der Waals surface area (Å²) in [7, 11) is 1.61. The second kappa shape index (κ2) is 8.14. The largest absolute Gasteiger partial charge is 0.383 e. The van der Waals surface area contributed by atoms with Crippen molar-refractivity contribution in [3.05, 3.63) is 23.8 Å². The number of anilines is 2. The van der Waals surface area contributed by atoms with Gasteiger partial charge in [0.1, 0.15) is 0 Å². The van der Waals surface area contributed by atoms with E-state index in [9.17, 15) is 4.79 Å². The molecule has 6 heteroatoms. The van der Waals surface area contributed by atoms with E-state index in [-0.39, 0.29) is 6.03 Å². The van der Waals surface area contributed by atoms with Crippen LogP contribution in [-0.2, 0) is 4.74 Å². The summed E-state index contributed by atoms with van der Waals surface area (Å²) in [6.45, 7) is 5.29. The Morgan fingerprint density at radius 1 is 1.38 bits per heavy atom. The van der Waals surface area contributed by atoms with E-state index < -0.39 is 0 Å². The van der Waals surface area contributed by atoms with Crippen LogP contribution in [0.3, 0.4) is 0 Å². The van der Waals surface area contributed by atoms with Crippen LogP contribution < -0.4 is 15.5 Å². The van der Waals surface area contributed by atoms with E-state index in [1.54, 1.807) is 7.11 Å². The molecular formula is C15H23N3O2S. The van der Waals surface area contributed by atoms with Crippen LogP contribution in [-0.4, -0.2) is 50.9 Å². The Labute approximate surface area is 130 Å². The molecule has 1 aliphatic heterocycles. The Hall–Kier alpha value is -1.40. The smallest absolute Gasteiger partial charge is 0.319 e. The Balaban J connectivity index is 1.93. The third kappa shape index (κ3) is 4.82. The molecule has 21 heavy (non-hydrogen) atoms. The van der Waals surface area contributed by atoms with E-state index in [0.29, 0.717) is 13.2 Å². The van der Waals surface area contributed by atoms with Crippen LogP contribution in [0, 0.1) is 6.92 Å². The molecule has 2 amide bonds. The Morgan fingerprint density at radius 2 is 2.14 bits per heavy atom. The van der Waals surface area contributed by atoms with Crippen molar-refractivity contribution < 1.29 is 9.53 Å². The monoisotopic (exact) mass is 309 g/mol. The van der Waals surface area contributed by atoms with Gasteiger partial charge in [-0.25, -0.2) is 4.79 Å². The van der Waals surface area contributed by atoms with Gasteiger partial charge in [0.15, 0.2) is 0 Å². The van der Waals surface area contributed by atoms with Crippen molar-refractivity contribution in [2.24, 2.45) is 0 Å². The molecule has 1 aliphatic rings. The zero-order valence-corrected chi connectivity index (χ0v) is 13.5. The molecule has 116 valence electrons. The molecule has 1 aromatic rings. The summed E-state index contributed by atoms with van der Waals surface area (Å²) in [5, 5.41) is 5.58. The van der Waals surface area contributed by atoms with E-state index in [0.717, 1.165) is 18.8 Å². The average Bonchev–Trinajstić information content (AvgIpc) is 2.48. The Bertz CT molecular complexity index is 476. The number of ether oxygens (including phenoxy) is 1. The maximum atomic E-state index is 11.7. The average molecular weight is 309 g/mol. The number of nitrogens with zero attached hydrogens (tertiary/aromatic N) is 1. The van der Waals surface area contributed by atoms with E-state index in [1.807, 2.05) is 23.9 Å². The van der Waals surface area contributed by atoms with Crippen LogP contribution >= 0.6 is 11.8 Å². The number of methoxy groups -OCH3 is 1. The van der Waals surface area contributed by atoms with Gasteiger partial charge >= 0.3 is 6.03 Å². The van der Waals surface area contributed by atoms with Crippen LogP contribution in [0.5, 0.6) is 0 Å². The lowest BCUT2D eigenvalue weighted by molar-refractivity contribution is 0.198. The highest BCUT2D eigenvalue weighted by Crippen LogP contribution is 2.25. The van der Waals surface area contributed by atoms with Gasteiger partial charge in [-0.2, -0.15) is 11.8 Å². The van der Waals surface area contributed by atoms with Gasteiger partial charge in [-0.05, 0) is 30.7 Å². The number of hydrogen-bond donors (Lipinski definition) is 2. The van der Waals surface area contributed by atoms with Gasteiger partial charge in [-0.1, -0.05) is 0 Å². The maximum absolute atomic E-state index is 11.7. The van der Waals surface area contributed by atoms with Gasteiger partial charge in [0.25, 0.3) is 0 Å². The third-order valence-electron chi connectivity index (χ3n) is 3.40. The summed E-state index contributed by atoms with van der Waals surface area (Å²) in [5.41, 5.74) is 3.27. The number of carbonyl (C=O) groups is 1. The number of nitrogens with one attached hydrogen (secondary N) is 2. The summed E-state index contributed by atoms with van der Waals surface area (Å²) in [4.78, 5) is 14.1. The standard InChI is InChI=1S/C15H23N3O2S/c1-12-11-13(17-15(19)16-5-8-20-2)3-4-14(12)18-6-9-21-10-7-18/h3-4,11H,5-10H2,1-2H3,(H2,16,17,19). The second-order valence-electron chi connectivity index (χ2n) is 4.97. The molecule has 0 unspecified atom stereocenters. The van der Waals surface area contributed by atoms with Gasteiger partial charge in [-0.3, -0.25) is 0 Å². The topological polar surface area (TPSA) is 53.6 Å². The Kier molecular flexibility index (Phi) is 6.20. The van der Waals surface area contributed by atoms with Crippen molar-refractivity contribution in [3.8, 4) is 0 Å². The molecule has 0 aromatic heterocycles.